The van der Waals surface area contributed by atoms with Crippen molar-refractivity contribution in [1.82, 2.24) is 14.7 Å². The first kappa shape index (κ1) is 15.0. The molecule has 1 aromatic rings. The van der Waals surface area contributed by atoms with Gasteiger partial charge in [0.15, 0.2) is 8.29 Å². The molecule has 0 bridgehead atoms. The average molecular weight is 315 g/mol. The molecule has 1 aromatic heterocycles. The van der Waals surface area contributed by atoms with Gasteiger partial charge < -0.3 is 0 Å². The summed E-state index contributed by atoms with van der Waals surface area (Å²) in [7, 11) is 0. The van der Waals surface area contributed by atoms with Crippen molar-refractivity contribution >= 4 is 35.3 Å². The van der Waals surface area contributed by atoms with Gasteiger partial charge in [-0.3, -0.25) is 4.90 Å². The summed E-state index contributed by atoms with van der Waals surface area (Å²) in [5.74, 6) is 0.784. The van der Waals surface area contributed by atoms with Crippen LogP contribution < -0.4 is 0 Å². The van der Waals surface area contributed by atoms with Crippen molar-refractivity contribution in [2.24, 2.45) is 5.92 Å². The molecule has 1 aliphatic carbocycles. The number of nitriles is 1. The lowest BCUT2D eigenvalue weighted by molar-refractivity contribution is 0.140. The van der Waals surface area contributed by atoms with Crippen molar-refractivity contribution in [2.45, 2.75) is 43.2 Å². The zero-order chi connectivity index (χ0) is 13.8. The molecule has 0 unspecified atom stereocenters. The second-order valence-electron chi connectivity index (χ2n) is 4.78. The molecule has 19 heavy (non-hydrogen) atoms. The number of rotatable bonds is 7. The Morgan fingerprint density at radius 3 is 2.95 bits per heavy atom. The van der Waals surface area contributed by atoms with Crippen molar-refractivity contribution in [3.63, 3.8) is 0 Å². The lowest BCUT2D eigenvalue weighted by Crippen LogP contribution is -2.37. The first-order valence-electron chi connectivity index (χ1n) is 6.38. The standard InChI is InChI=1S/C12H18N4S3/c1-9(10-4-5-10)15(7-3-6-13)8-16-12(17)19-11(14-16)18-2/h9-10H,3-5,7-8H2,1-2H3/t9-/m1/s1. The van der Waals surface area contributed by atoms with Gasteiger partial charge in [0.25, 0.3) is 0 Å². The smallest absolute Gasteiger partial charge is 0.181 e. The van der Waals surface area contributed by atoms with Crippen molar-refractivity contribution < 1.29 is 0 Å². The van der Waals surface area contributed by atoms with E-state index in [0.717, 1.165) is 20.8 Å². The SMILES string of the molecule is CSc1nn(CN(CCC#N)[C@H](C)C2CC2)c(=S)s1. The van der Waals surface area contributed by atoms with Crippen molar-refractivity contribution in [2.75, 3.05) is 12.8 Å². The number of hydrogen-bond donors (Lipinski definition) is 0. The summed E-state index contributed by atoms with van der Waals surface area (Å²) in [4.78, 5) is 2.33. The van der Waals surface area contributed by atoms with Gasteiger partial charge in [-0.15, -0.1) is 0 Å². The van der Waals surface area contributed by atoms with E-state index in [-0.39, 0.29) is 0 Å². The van der Waals surface area contributed by atoms with E-state index in [9.17, 15) is 0 Å². The molecule has 0 N–H and O–H groups in total. The Morgan fingerprint density at radius 1 is 1.68 bits per heavy atom. The Kier molecular flexibility index (Phi) is 5.39. The lowest BCUT2D eigenvalue weighted by atomic mass is 10.2. The third-order valence-electron chi connectivity index (χ3n) is 3.47. The van der Waals surface area contributed by atoms with Crippen LogP contribution in [0.3, 0.4) is 0 Å². The van der Waals surface area contributed by atoms with Crippen LogP contribution in [0.2, 0.25) is 0 Å². The van der Waals surface area contributed by atoms with Crippen LogP contribution in [0.5, 0.6) is 0 Å². The van der Waals surface area contributed by atoms with Crippen LogP contribution in [-0.2, 0) is 6.67 Å². The first-order valence-corrected chi connectivity index (χ1v) is 8.83. The molecular weight excluding hydrogens is 296 g/mol. The highest BCUT2D eigenvalue weighted by Crippen LogP contribution is 2.35. The van der Waals surface area contributed by atoms with E-state index in [2.05, 4.69) is 23.0 Å². The van der Waals surface area contributed by atoms with Crippen molar-refractivity contribution in [3.8, 4) is 6.07 Å². The van der Waals surface area contributed by atoms with Gasteiger partial charge in [0.1, 0.15) is 0 Å². The van der Waals surface area contributed by atoms with E-state index in [1.807, 2.05) is 10.9 Å². The highest BCUT2D eigenvalue weighted by molar-refractivity contribution is 8.00. The molecule has 1 fully saturated rings. The molecule has 0 spiro atoms. The Bertz CT molecular complexity index is 512. The molecule has 1 saturated carbocycles. The van der Waals surface area contributed by atoms with Crippen LogP contribution in [0.15, 0.2) is 4.34 Å². The van der Waals surface area contributed by atoms with Crippen LogP contribution in [0, 0.1) is 21.2 Å². The predicted octanol–water partition coefficient (Wildman–Crippen LogP) is 3.37. The zero-order valence-corrected chi connectivity index (χ0v) is 13.7. The normalized spacial score (nSPS) is 16.5. The summed E-state index contributed by atoms with van der Waals surface area (Å²) in [6.07, 6.45) is 5.19. The monoisotopic (exact) mass is 314 g/mol. The van der Waals surface area contributed by atoms with Crippen LogP contribution in [-0.4, -0.2) is 33.5 Å². The van der Waals surface area contributed by atoms with Gasteiger partial charge in [0, 0.05) is 19.0 Å². The Morgan fingerprint density at radius 2 is 2.42 bits per heavy atom. The molecule has 4 nitrogen and oxygen atoms in total. The number of hydrogen-bond acceptors (Lipinski definition) is 6. The summed E-state index contributed by atoms with van der Waals surface area (Å²) < 4.78 is 3.71. The highest BCUT2D eigenvalue weighted by Gasteiger charge is 2.32. The van der Waals surface area contributed by atoms with Crippen LogP contribution in [0.25, 0.3) is 0 Å². The van der Waals surface area contributed by atoms with E-state index in [4.69, 9.17) is 17.5 Å². The molecule has 1 atom stereocenters. The van der Waals surface area contributed by atoms with Crippen LogP contribution in [0.1, 0.15) is 26.2 Å². The molecule has 0 aliphatic heterocycles. The van der Waals surface area contributed by atoms with Crippen LogP contribution >= 0.6 is 35.3 Å². The molecule has 104 valence electrons. The summed E-state index contributed by atoms with van der Waals surface area (Å²) in [5.41, 5.74) is 0. The fraction of sp³-hybridized carbons (Fsp3) is 0.750. The van der Waals surface area contributed by atoms with Gasteiger partial charge in [-0.2, -0.15) is 10.4 Å². The molecule has 0 radical (unpaired) electrons. The van der Waals surface area contributed by atoms with E-state index in [1.54, 1.807) is 23.1 Å². The van der Waals surface area contributed by atoms with Gasteiger partial charge in [0.2, 0.25) is 0 Å². The van der Waals surface area contributed by atoms with Gasteiger partial charge in [-0.05, 0) is 44.2 Å². The van der Waals surface area contributed by atoms with Crippen molar-refractivity contribution in [3.05, 3.63) is 3.95 Å². The lowest BCUT2D eigenvalue weighted by Gasteiger charge is -2.28. The number of aromatic nitrogens is 2. The minimum absolute atomic E-state index is 0.509. The fourth-order valence-corrected chi connectivity index (χ4v) is 3.84. The Labute approximate surface area is 127 Å². The first-order chi connectivity index (χ1) is 9.15. The summed E-state index contributed by atoms with van der Waals surface area (Å²) >= 11 is 8.53. The second-order valence-corrected chi connectivity index (χ2v) is 7.45. The minimum atomic E-state index is 0.509. The number of nitrogens with zero attached hydrogens (tertiary/aromatic N) is 4. The topological polar surface area (TPSA) is 44.9 Å². The number of thioether (sulfide) groups is 1. The van der Waals surface area contributed by atoms with Crippen molar-refractivity contribution in [1.29, 1.82) is 5.26 Å². The molecule has 0 aromatic carbocycles. The van der Waals surface area contributed by atoms with Gasteiger partial charge in [-0.1, -0.05) is 23.1 Å². The van der Waals surface area contributed by atoms with Crippen LogP contribution in [0.4, 0.5) is 0 Å². The molecule has 0 saturated heterocycles. The molecule has 0 amide bonds. The van der Waals surface area contributed by atoms with Gasteiger partial charge in [-0.25, -0.2) is 4.68 Å². The molecule has 1 heterocycles. The van der Waals surface area contributed by atoms with Gasteiger partial charge in [0.05, 0.1) is 12.7 Å². The molecular formula is C12H18N4S3. The maximum Gasteiger partial charge on any atom is 0.181 e. The molecule has 2 rings (SSSR count). The Hall–Kier alpha value is -0.420. The average Bonchev–Trinajstić information content (AvgIpc) is 3.19. The minimum Gasteiger partial charge on any atom is -0.280 e. The zero-order valence-electron chi connectivity index (χ0n) is 11.2. The molecule has 7 heteroatoms. The fourth-order valence-electron chi connectivity index (χ4n) is 2.10. The van der Waals surface area contributed by atoms with Gasteiger partial charge >= 0.3 is 0 Å². The largest absolute Gasteiger partial charge is 0.280 e. The summed E-state index contributed by atoms with van der Waals surface area (Å²) in [5, 5.41) is 13.3. The predicted molar refractivity (Wildman–Crippen MR) is 81.8 cm³/mol. The second kappa shape index (κ2) is 6.84. The maximum absolute atomic E-state index is 8.79. The quantitative estimate of drug-likeness (QED) is 0.570. The third-order valence-corrected chi connectivity index (χ3v) is 5.75. The summed E-state index contributed by atoms with van der Waals surface area (Å²) in [6.45, 7) is 3.75. The highest BCUT2D eigenvalue weighted by atomic mass is 32.2. The van der Waals surface area contributed by atoms with E-state index < -0.39 is 0 Å². The summed E-state index contributed by atoms with van der Waals surface area (Å²) in [6, 6.07) is 2.74. The third kappa shape index (κ3) is 4.02. The van der Waals surface area contributed by atoms with E-state index in [1.165, 1.54) is 12.8 Å². The molecule has 1 aliphatic rings. The van der Waals surface area contributed by atoms with E-state index >= 15 is 0 Å². The Balaban J connectivity index is 2.07. The maximum atomic E-state index is 8.79. The van der Waals surface area contributed by atoms with E-state index in [0.29, 0.717) is 19.1 Å².